The lowest BCUT2D eigenvalue weighted by atomic mass is 10.1. The Morgan fingerprint density at radius 3 is 2.29 bits per heavy atom. The molecule has 168 valence electrons. The van der Waals surface area contributed by atoms with Gasteiger partial charge in [0.25, 0.3) is 5.91 Å². The number of hydrogen-bond acceptors (Lipinski definition) is 4. The molecule has 2 aromatic carbocycles. The summed E-state index contributed by atoms with van der Waals surface area (Å²) >= 11 is 12.0. The summed E-state index contributed by atoms with van der Waals surface area (Å²) in [6.45, 7) is 7.32. The van der Waals surface area contributed by atoms with E-state index in [1.54, 1.807) is 26.2 Å². The monoisotopic (exact) mass is 466 g/mol. The molecule has 0 bridgehead atoms. The maximum atomic E-state index is 13.1. The predicted octanol–water partition coefficient (Wildman–Crippen LogP) is 4.71. The van der Waals surface area contributed by atoms with E-state index in [4.69, 9.17) is 32.7 Å². The quantitative estimate of drug-likeness (QED) is 0.611. The van der Waals surface area contributed by atoms with Crippen molar-refractivity contribution in [2.75, 3.05) is 13.7 Å². The van der Waals surface area contributed by atoms with Crippen molar-refractivity contribution in [1.82, 2.24) is 10.2 Å². The molecule has 0 aromatic heterocycles. The van der Waals surface area contributed by atoms with Crippen molar-refractivity contribution in [1.29, 1.82) is 0 Å². The number of nitrogens with zero attached hydrogens (tertiary/aromatic N) is 1. The third-order valence-electron chi connectivity index (χ3n) is 4.42. The largest absolute Gasteiger partial charge is 0.497 e. The Morgan fingerprint density at radius 1 is 1.10 bits per heavy atom. The molecule has 1 N–H and O–H groups in total. The number of hydrogen-bond donors (Lipinski definition) is 1. The molecule has 0 saturated heterocycles. The third-order valence-corrected chi connectivity index (χ3v) is 4.95. The van der Waals surface area contributed by atoms with Gasteiger partial charge in [0, 0.05) is 17.1 Å². The first-order chi connectivity index (χ1) is 14.5. The van der Waals surface area contributed by atoms with E-state index in [1.165, 1.54) is 11.0 Å². The highest BCUT2D eigenvalue weighted by atomic mass is 35.5. The lowest BCUT2D eigenvalue weighted by molar-refractivity contribution is -0.142. The van der Waals surface area contributed by atoms with E-state index in [9.17, 15) is 9.59 Å². The Morgan fingerprint density at radius 2 is 1.74 bits per heavy atom. The van der Waals surface area contributed by atoms with Crippen LogP contribution < -0.4 is 14.8 Å². The highest BCUT2D eigenvalue weighted by Crippen LogP contribution is 2.27. The number of amides is 2. The van der Waals surface area contributed by atoms with Crippen LogP contribution in [0.25, 0.3) is 0 Å². The van der Waals surface area contributed by atoms with Gasteiger partial charge in [-0.2, -0.15) is 0 Å². The molecule has 0 aliphatic carbocycles. The summed E-state index contributed by atoms with van der Waals surface area (Å²) in [5.41, 5.74) is 0.433. The van der Waals surface area contributed by atoms with Gasteiger partial charge in [-0.05, 0) is 63.6 Å². The van der Waals surface area contributed by atoms with Gasteiger partial charge in [-0.1, -0.05) is 35.3 Å². The van der Waals surface area contributed by atoms with Crippen LogP contribution in [0.2, 0.25) is 10.0 Å². The molecule has 31 heavy (non-hydrogen) atoms. The number of methoxy groups -OCH3 is 1. The van der Waals surface area contributed by atoms with Crippen LogP contribution in [-0.2, 0) is 16.1 Å². The molecule has 0 radical (unpaired) electrons. The minimum Gasteiger partial charge on any atom is -0.497 e. The smallest absolute Gasteiger partial charge is 0.261 e. The summed E-state index contributed by atoms with van der Waals surface area (Å²) in [7, 11) is 1.59. The molecule has 2 rings (SSSR count). The highest BCUT2D eigenvalue weighted by molar-refractivity contribution is 6.35. The van der Waals surface area contributed by atoms with E-state index < -0.39 is 11.6 Å². The maximum absolute atomic E-state index is 13.1. The number of carbonyl (C=O) groups is 2. The van der Waals surface area contributed by atoms with Gasteiger partial charge in [0.15, 0.2) is 6.61 Å². The standard InChI is InChI=1S/C23H28Cl2N2O4/c1-15(22(29)26-23(2,3)4)27(13-16-6-9-18(30-5)10-7-16)21(28)14-31-20-11-8-17(24)12-19(20)25/h6-12,15H,13-14H2,1-5H3,(H,26,29). The van der Waals surface area contributed by atoms with E-state index in [0.717, 1.165) is 5.56 Å². The SMILES string of the molecule is COc1ccc(CN(C(=O)COc2ccc(Cl)cc2Cl)C(C)C(=O)NC(C)(C)C)cc1. The van der Waals surface area contributed by atoms with Crippen LogP contribution in [-0.4, -0.2) is 42.0 Å². The minimum absolute atomic E-state index is 0.235. The summed E-state index contributed by atoms with van der Waals surface area (Å²) in [5, 5.41) is 3.69. The zero-order valence-corrected chi connectivity index (χ0v) is 19.9. The van der Waals surface area contributed by atoms with Crippen LogP contribution in [0.5, 0.6) is 11.5 Å². The zero-order chi connectivity index (χ0) is 23.2. The molecule has 0 saturated carbocycles. The lowest BCUT2D eigenvalue weighted by Crippen LogP contribution is -2.53. The van der Waals surface area contributed by atoms with E-state index in [2.05, 4.69) is 5.32 Å². The fraction of sp³-hybridized carbons (Fsp3) is 0.391. The second kappa shape index (κ2) is 10.7. The van der Waals surface area contributed by atoms with Crippen LogP contribution in [0, 0.1) is 0 Å². The number of rotatable bonds is 8. The summed E-state index contributed by atoms with van der Waals surface area (Å²) in [6.07, 6.45) is 0. The Kier molecular flexibility index (Phi) is 8.60. The molecule has 0 heterocycles. The summed E-state index contributed by atoms with van der Waals surface area (Å²) < 4.78 is 10.8. The zero-order valence-electron chi connectivity index (χ0n) is 18.4. The molecule has 0 spiro atoms. The average molecular weight is 467 g/mol. The molecule has 0 aliphatic heterocycles. The molecule has 0 aliphatic rings. The summed E-state index contributed by atoms with van der Waals surface area (Å²) in [6, 6.07) is 11.4. The first kappa shape index (κ1) is 24.8. The summed E-state index contributed by atoms with van der Waals surface area (Å²) in [5.74, 6) is 0.453. The average Bonchev–Trinajstić information content (AvgIpc) is 2.69. The Hall–Kier alpha value is -2.44. The van der Waals surface area contributed by atoms with Crippen molar-refractivity contribution < 1.29 is 19.1 Å². The summed E-state index contributed by atoms with van der Waals surface area (Å²) in [4.78, 5) is 27.3. The second-order valence-corrected chi connectivity index (χ2v) is 8.99. The normalized spacial score (nSPS) is 12.1. The van der Waals surface area contributed by atoms with Crippen molar-refractivity contribution in [3.63, 3.8) is 0 Å². The predicted molar refractivity (Wildman–Crippen MR) is 123 cm³/mol. The van der Waals surface area contributed by atoms with Crippen molar-refractivity contribution >= 4 is 35.0 Å². The molecular weight excluding hydrogens is 439 g/mol. The maximum Gasteiger partial charge on any atom is 0.261 e. The van der Waals surface area contributed by atoms with Crippen LogP contribution in [0.15, 0.2) is 42.5 Å². The number of nitrogens with one attached hydrogen (secondary N) is 1. The van der Waals surface area contributed by atoms with E-state index >= 15 is 0 Å². The molecule has 6 nitrogen and oxygen atoms in total. The number of ether oxygens (including phenoxy) is 2. The molecule has 2 aromatic rings. The minimum atomic E-state index is -0.710. The van der Waals surface area contributed by atoms with Crippen LogP contribution in [0.1, 0.15) is 33.3 Å². The highest BCUT2D eigenvalue weighted by Gasteiger charge is 2.28. The number of benzene rings is 2. The van der Waals surface area contributed by atoms with Crippen molar-refractivity contribution in [2.24, 2.45) is 0 Å². The first-order valence-corrected chi connectivity index (χ1v) is 10.6. The van der Waals surface area contributed by atoms with E-state index in [1.807, 2.05) is 45.0 Å². The van der Waals surface area contributed by atoms with E-state index in [-0.39, 0.29) is 25.0 Å². The number of carbonyl (C=O) groups excluding carboxylic acids is 2. The van der Waals surface area contributed by atoms with Gasteiger partial charge < -0.3 is 19.7 Å². The molecule has 1 atom stereocenters. The molecule has 2 amide bonds. The third kappa shape index (κ3) is 7.64. The molecule has 8 heteroatoms. The van der Waals surface area contributed by atoms with Crippen LogP contribution >= 0.6 is 23.2 Å². The molecule has 0 fully saturated rings. The van der Waals surface area contributed by atoms with Crippen molar-refractivity contribution in [2.45, 2.75) is 45.8 Å². The van der Waals surface area contributed by atoms with Crippen LogP contribution in [0.4, 0.5) is 0 Å². The van der Waals surface area contributed by atoms with Crippen LogP contribution in [0.3, 0.4) is 0 Å². The molecule has 1 unspecified atom stereocenters. The Labute approximate surface area is 193 Å². The fourth-order valence-electron chi connectivity index (χ4n) is 2.80. The molecular formula is C23H28Cl2N2O4. The Balaban J connectivity index is 2.19. The Bertz CT molecular complexity index is 911. The van der Waals surface area contributed by atoms with Gasteiger partial charge >= 0.3 is 0 Å². The lowest BCUT2D eigenvalue weighted by Gasteiger charge is -2.31. The van der Waals surface area contributed by atoms with Crippen molar-refractivity contribution in [3.05, 3.63) is 58.1 Å². The van der Waals surface area contributed by atoms with Crippen molar-refractivity contribution in [3.8, 4) is 11.5 Å². The van der Waals surface area contributed by atoms with Gasteiger partial charge in [0.05, 0.1) is 12.1 Å². The second-order valence-electron chi connectivity index (χ2n) is 8.15. The van der Waals surface area contributed by atoms with Gasteiger partial charge in [-0.3, -0.25) is 9.59 Å². The fourth-order valence-corrected chi connectivity index (χ4v) is 3.26. The first-order valence-electron chi connectivity index (χ1n) is 9.82. The van der Waals surface area contributed by atoms with Gasteiger partial charge in [-0.15, -0.1) is 0 Å². The van der Waals surface area contributed by atoms with E-state index in [0.29, 0.717) is 21.5 Å². The van der Waals surface area contributed by atoms with Gasteiger partial charge in [-0.25, -0.2) is 0 Å². The van der Waals surface area contributed by atoms with Gasteiger partial charge in [0.1, 0.15) is 17.5 Å². The number of halogens is 2. The topological polar surface area (TPSA) is 67.9 Å². The van der Waals surface area contributed by atoms with Gasteiger partial charge in [0.2, 0.25) is 5.91 Å².